The number of hydrogen-bond acceptors (Lipinski definition) is 4. The molecule has 6 nitrogen and oxygen atoms in total. The molecule has 2 amide bonds. The third-order valence-corrected chi connectivity index (χ3v) is 3.71. The van der Waals surface area contributed by atoms with Crippen molar-refractivity contribution in [1.29, 1.82) is 0 Å². The highest BCUT2D eigenvalue weighted by Crippen LogP contribution is 2.18. The molecule has 0 fully saturated rings. The number of carbonyl (C=O) groups is 1. The largest absolute Gasteiger partial charge is 0.398 e. The Hall–Kier alpha value is -1.83. The van der Waals surface area contributed by atoms with Crippen molar-refractivity contribution < 1.29 is 17.6 Å². The van der Waals surface area contributed by atoms with Gasteiger partial charge in [-0.3, -0.25) is 0 Å². The molecule has 0 bridgehead atoms. The molecule has 8 heteroatoms. The molecular weight excluding hydrogens is 273 g/mol. The maximum atomic E-state index is 12.8. The molecule has 0 aliphatic heterocycles. The van der Waals surface area contributed by atoms with Crippen LogP contribution in [0, 0.1) is 5.82 Å². The van der Waals surface area contributed by atoms with Crippen LogP contribution in [-0.2, 0) is 10.0 Å². The fourth-order valence-electron chi connectivity index (χ4n) is 1.36. The highest BCUT2D eigenvalue weighted by Gasteiger charge is 2.20. The third kappa shape index (κ3) is 4.40. The number of sulfonamides is 1. The second-order valence-corrected chi connectivity index (χ2v) is 5.55. The number of amides is 2. The Bertz CT molecular complexity index is 560. The van der Waals surface area contributed by atoms with E-state index < -0.39 is 21.9 Å². The number of carbonyl (C=O) groups excluding carboxylic acids is 1. The van der Waals surface area contributed by atoms with Crippen LogP contribution in [0.4, 0.5) is 14.9 Å². The summed E-state index contributed by atoms with van der Waals surface area (Å²) in [7, 11) is -4.10. The molecule has 0 radical (unpaired) electrons. The lowest BCUT2D eigenvalue weighted by Crippen LogP contribution is -2.39. The van der Waals surface area contributed by atoms with E-state index in [0.717, 1.165) is 31.0 Å². The SMILES string of the molecule is CCCCNC(=O)NS(=O)(=O)c1ccc(F)cc1N. The van der Waals surface area contributed by atoms with E-state index in [4.69, 9.17) is 5.73 Å². The van der Waals surface area contributed by atoms with E-state index in [-0.39, 0.29) is 10.6 Å². The zero-order valence-electron chi connectivity index (χ0n) is 10.4. The molecule has 106 valence electrons. The molecule has 0 spiro atoms. The van der Waals surface area contributed by atoms with E-state index in [1.807, 2.05) is 11.6 Å². The molecule has 0 aliphatic carbocycles. The highest BCUT2D eigenvalue weighted by atomic mass is 32.2. The number of hydrogen-bond donors (Lipinski definition) is 3. The minimum absolute atomic E-state index is 0.256. The van der Waals surface area contributed by atoms with E-state index in [1.54, 1.807) is 0 Å². The topological polar surface area (TPSA) is 101 Å². The van der Waals surface area contributed by atoms with Gasteiger partial charge in [0.05, 0.1) is 5.69 Å². The summed E-state index contributed by atoms with van der Waals surface area (Å²) in [4.78, 5) is 11.0. The van der Waals surface area contributed by atoms with Crippen molar-refractivity contribution in [2.45, 2.75) is 24.7 Å². The normalized spacial score (nSPS) is 11.1. The van der Waals surface area contributed by atoms with Gasteiger partial charge in [-0.1, -0.05) is 13.3 Å². The molecule has 1 aromatic rings. The van der Waals surface area contributed by atoms with E-state index >= 15 is 0 Å². The van der Waals surface area contributed by atoms with E-state index in [2.05, 4.69) is 5.32 Å². The van der Waals surface area contributed by atoms with Gasteiger partial charge in [-0.15, -0.1) is 0 Å². The summed E-state index contributed by atoms with van der Waals surface area (Å²) in [6, 6.07) is 2.01. The summed E-state index contributed by atoms with van der Waals surface area (Å²) >= 11 is 0. The molecular formula is C11H16FN3O3S. The summed E-state index contributed by atoms with van der Waals surface area (Å²) in [5, 5.41) is 2.40. The zero-order valence-corrected chi connectivity index (χ0v) is 11.3. The van der Waals surface area contributed by atoms with Crippen LogP contribution < -0.4 is 15.8 Å². The zero-order chi connectivity index (χ0) is 14.5. The van der Waals surface area contributed by atoms with Crippen LogP contribution in [-0.4, -0.2) is 21.0 Å². The lowest BCUT2D eigenvalue weighted by atomic mass is 10.3. The number of urea groups is 1. The van der Waals surface area contributed by atoms with Crippen LogP contribution in [0.2, 0.25) is 0 Å². The van der Waals surface area contributed by atoms with Crippen molar-refractivity contribution in [3.8, 4) is 0 Å². The van der Waals surface area contributed by atoms with Crippen LogP contribution in [0.3, 0.4) is 0 Å². The number of benzene rings is 1. The molecule has 0 saturated carbocycles. The van der Waals surface area contributed by atoms with Gasteiger partial charge in [0.2, 0.25) is 0 Å². The second-order valence-electron chi connectivity index (χ2n) is 3.90. The van der Waals surface area contributed by atoms with Crippen LogP contribution >= 0.6 is 0 Å². The fraction of sp³-hybridized carbons (Fsp3) is 0.364. The van der Waals surface area contributed by atoms with Crippen LogP contribution in [0.5, 0.6) is 0 Å². The molecule has 0 atom stereocenters. The first-order chi connectivity index (χ1) is 8.86. The average Bonchev–Trinajstić information content (AvgIpc) is 2.27. The Morgan fingerprint density at radius 3 is 2.68 bits per heavy atom. The Morgan fingerprint density at radius 1 is 1.42 bits per heavy atom. The van der Waals surface area contributed by atoms with Crippen molar-refractivity contribution in [3.05, 3.63) is 24.0 Å². The van der Waals surface area contributed by atoms with Gasteiger partial charge in [-0.2, -0.15) is 0 Å². The monoisotopic (exact) mass is 289 g/mol. The van der Waals surface area contributed by atoms with Crippen LogP contribution in [0.1, 0.15) is 19.8 Å². The Balaban J connectivity index is 2.78. The molecule has 0 saturated heterocycles. The fourth-order valence-corrected chi connectivity index (χ4v) is 2.40. The minimum Gasteiger partial charge on any atom is -0.398 e. The lowest BCUT2D eigenvalue weighted by Gasteiger charge is -2.10. The van der Waals surface area contributed by atoms with Gasteiger partial charge in [-0.05, 0) is 24.6 Å². The molecule has 0 aromatic heterocycles. The quantitative estimate of drug-likeness (QED) is 0.560. The van der Waals surface area contributed by atoms with Crippen molar-refractivity contribution in [1.82, 2.24) is 10.0 Å². The molecule has 0 aliphatic rings. The summed E-state index contributed by atoms with van der Waals surface area (Å²) in [5.41, 5.74) is 5.16. The number of halogens is 1. The number of anilines is 1. The van der Waals surface area contributed by atoms with E-state index in [0.29, 0.717) is 6.54 Å². The first kappa shape index (κ1) is 15.2. The van der Waals surface area contributed by atoms with Gasteiger partial charge >= 0.3 is 6.03 Å². The molecule has 0 unspecified atom stereocenters. The van der Waals surface area contributed by atoms with E-state index in [9.17, 15) is 17.6 Å². The molecule has 19 heavy (non-hydrogen) atoms. The summed E-state index contributed by atoms with van der Waals surface area (Å²) in [6.45, 7) is 2.31. The second kappa shape index (κ2) is 6.37. The van der Waals surface area contributed by atoms with Crippen LogP contribution in [0.15, 0.2) is 23.1 Å². The van der Waals surface area contributed by atoms with Crippen molar-refractivity contribution in [3.63, 3.8) is 0 Å². The standard InChI is InChI=1S/C11H16FN3O3S/c1-2-3-6-14-11(16)15-19(17,18)10-5-4-8(12)7-9(10)13/h4-5,7H,2-3,6,13H2,1H3,(H2,14,15,16). The Labute approximate surface area is 111 Å². The van der Waals surface area contributed by atoms with Gasteiger partial charge in [0.15, 0.2) is 0 Å². The average molecular weight is 289 g/mol. The highest BCUT2D eigenvalue weighted by molar-refractivity contribution is 7.90. The maximum absolute atomic E-state index is 12.8. The number of nitrogens with two attached hydrogens (primary N) is 1. The molecule has 1 rings (SSSR count). The van der Waals surface area contributed by atoms with Gasteiger partial charge in [0, 0.05) is 6.54 Å². The van der Waals surface area contributed by atoms with Crippen molar-refractivity contribution >= 4 is 21.7 Å². The number of rotatable bonds is 5. The Morgan fingerprint density at radius 2 is 2.11 bits per heavy atom. The van der Waals surface area contributed by atoms with Crippen molar-refractivity contribution in [2.24, 2.45) is 0 Å². The summed E-state index contributed by atoms with van der Waals surface area (Å²) in [5.74, 6) is -0.649. The van der Waals surface area contributed by atoms with Gasteiger partial charge in [0.25, 0.3) is 10.0 Å². The molecule has 0 heterocycles. The maximum Gasteiger partial charge on any atom is 0.328 e. The van der Waals surface area contributed by atoms with Crippen LogP contribution in [0.25, 0.3) is 0 Å². The number of unbranched alkanes of at least 4 members (excludes halogenated alkanes) is 1. The number of nitrogen functional groups attached to an aromatic ring is 1. The lowest BCUT2D eigenvalue weighted by molar-refractivity contribution is 0.245. The van der Waals surface area contributed by atoms with Gasteiger partial charge in [0.1, 0.15) is 10.7 Å². The smallest absolute Gasteiger partial charge is 0.328 e. The molecule has 4 N–H and O–H groups in total. The number of nitrogens with one attached hydrogen (secondary N) is 2. The van der Waals surface area contributed by atoms with Gasteiger partial charge in [-0.25, -0.2) is 22.3 Å². The van der Waals surface area contributed by atoms with Crippen molar-refractivity contribution in [2.75, 3.05) is 12.3 Å². The summed E-state index contributed by atoms with van der Waals surface area (Å²) in [6.07, 6.45) is 1.62. The first-order valence-corrected chi connectivity index (χ1v) is 7.21. The molecule has 1 aromatic carbocycles. The third-order valence-electron chi connectivity index (χ3n) is 2.30. The first-order valence-electron chi connectivity index (χ1n) is 5.72. The predicted molar refractivity (Wildman–Crippen MR) is 69.4 cm³/mol. The minimum atomic E-state index is -4.10. The predicted octanol–water partition coefficient (Wildman–Crippen LogP) is 1.20. The summed E-state index contributed by atoms with van der Waals surface area (Å²) < 4.78 is 38.3. The van der Waals surface area contributed by atoms with Gasteiger partial charge < -0.3 is 11.1 Å². The Kier molecular flexibility index (Phi) is 5.11. The van der Waals surface area contributed by atoms with E-state index in [1.165, 1.54) is 0 Å².